The van der Waals surface area contributed by atoms with Crippen molar-refractivity contribution in [2.24, 2.45) is 0 Å². The predicted molar refractivity (Wildman–Crippen MR) is 91.1 cm³/mol. The molecule has 4 heteroatoms. The van der Waals surface area contributed by atoms with E-state index in [0.29, 0.717) is 0 Å². The highest BCUT2D eigenvalue weighted by molar-refractivity contribution is 5.74. The number of urea groups is 1. The van der Waals surface area contributed by atoms with Gasteiger partial charge in [-0.1, -0.05) is 43.7 Å². The SMILES string of the molecule is CCCCN1CCN(C(=O)NCCCc2ccccc2)CC1. The highest BCUT2D eigenvalue weighted by Crippen LogP contribution is 2.04. The lowest BCUT2D eigenvalue weighted by Gasteiger charge is -2.34. The third-order valence-electron chi connectivity index (χ3n) is 4.25. The van der Waals surface area contributed by atoms with Crippen molar-refractivity contribution < 1.29 is 4.79 Å². The first-order valence-electron chi connectivity index (χ1n) is 8.58. The molecule has 0 atom stereocenters. The van der Waals surface area contributed by atoms with Crippen molar-refractivity contribution in [3.8, 4) is 0 Å². The molecule has 1 aromatic carbocycles. The lowest BCUT2D eigenvalue weighted by atomic mass is 10.1. The molecule has 122 valence electrons. The fourth-order valence-electron chi connectivity index (χ4n) is 2.80. The Morgan fingerprint density at radius 1 is 1.09 bits per heavy atom. The second-order valence-corrected chi connectivity index (χ2v) is 6.00. The summed E-state index contributed by atoms with van der Waals surface area (Å²) in [6.07, 6.45) is 4.51. The van der Waals surface area contributed by atoms with Crippen LogP contribution in [0.1, 0.15) is 31.7 Å². The molecule has 22 heavy (non-hydrogen) atoms. The molecule has 2 rings (SSSR count). The minimum absolute atomic E-state index is 0.100. The van der Waals surface area contributed by atoms with E-state index in [1.807, 2.05) is 11.0 Å². The Morgan fingerprint density at radius 2 is 1.82 bits per heavy atom. The average molecular weight is 303 g/mol. The summed E-state index contributed by atoms with van der Waals surface area (Å²) in [6, 6.07) is 10.5. The first kappa shape index (κ1) is 16.8. The number of hydrogen-bond donors (Lipinski definition) is 1. The first-order chi connectivity index (χ1) is 10.8. The molecule has 0 spiro atoms. The maximum Gasteiger partial charge on any atom is 0.317 e. The van der Waals surface area contributed by atoms with E-state index in [-0.39, 0.29) is 6.03 Å². The smallest absolute Gasteiger partial charge is 0.317 e. The molecule has 1 N–H and O–H groups in total. The third-order valence-corrected chi connectivity index (χ3v) is 4.25. The predicted octanol–water partition coefficient (Wildman–Crippen LogP) is 2.75. The number of aryl methyl sites for hydroxylation is 1. The minimum atomic E-state index is 0.100. The Labute approximate surface area is 134 Å². The number of unbranched alkanes of at least 4 members (excludes halogenated alkanes) is 1. The Balaban J connectivity index is 1.58. The van der Waals surface area contributed by atoms with Crippen LogP contribution < -0.4 is 5.32 Å². The number of nitrogens with zero attached hydrogens (tertiary/aromatic N) is 2. The second-order valence-electron chi connectivity index (χ2n) is 6.00. The van der Waals surface area contributed by atoms with E-state index in [2.05, 4.69) is 41.4 Å². The van der Waals surface area contributed by atoms with E-state index in [4.69, 9.17) is 0 Å². The quantitative estimate of drug-likeness (QED) is 0.786. The largest absolute Gasteiger partial charge is 0.338 e. The van der Waals surface area contributed by atoms with Gasteiger partial charge in [0.15, 0.2) is 0 Å². The number of nitrogens with one attached hydrogen (secondary N) is 1. The van der Waals surface area contributed by atoms with Gasteiger partial charge in [0.2, 0.25) is 0 Å². The molecule has 1 saturated heterocycles. The van der Waals surface area contributed by atoms with E-state index < -0.39 is 0 Å². The zero-order chi connectivity index (χ0) is 15.6. The molecule has 4 nitrogen and oxygen atoms in total. The summed E-state index contributed by atoms with van der Waals surface area (Å²) in [5.74, 6) is 0. The Hall–Kier alpha value is -1.55. The van der Waals surface area contributed by atoms with Crippen LogP contribution in [0.25, 0.3) is 0 Å². The maximum absolute atomic E-state index is 12.1. The van der Waals surface area contributed by atoms with Crippen molar-refractivity contribution in [3.05, 3.63) is 35.9 Å². The Bertz CT molecular complexity index is 427. The number of piperazine rings is 1. The van der Waals surface area contributed by atoms with Crippen LogP contribution in [0.4, 0.5) is 4.79 Å². The highest BCUT2D eigenvalue weighted by Gasteiger charge is 2.19. The van der Waals surface area contributed by atoms with E-state index in [1.54, 1.807) is 0 Å². The van der Waals surface area contributed by atoms with E-state index >= 15 is 0 Å². The van der Waals surface area contributed by atoms with Crippen LogP contribution in [0.2, 0.25) is 0 Å². The monoisotopic (exact) mass is 303 g/mol. The van der Waals surface area contributed by atoms with Gasteiger partial charge in [-0.2, -0.15) is 0 Å². The Morgan fingerprint density at radius 3 is 2.50 bits per heavy atom. The standard InChI is InChI=1S/C18H29N3O/c1-2-3-12-20-13-15-21(16-14-20)18(22)19-11-7-10-17-8-5-4-6-9-17/h4-6,8-9H,2-3,7,10-16H2,1H3,(H,19,22). The summed E-state index contributed by atoms with van der Waals surface area (Å²) >= 11 is 0. The third kappa shape index (κ3) is 5.68. The van der Waals surface area contributed by atoms with Gasteiger partial charge < -0.3 is 10.2 Å². The van der Waals surface area contributed by atoms with Gasteiger partial charge >= 0.3 is 6.03 Å². The molecule has 1 aliphatic rings. The van der Waals surface area contributed by atoms with Gasteiger partial charge in [-0.05, 0) is 31.4 Å². The number of carbonyl (C=O) groups is 1. The fraction of sp³-hybridized carbons (Fsp3) is 0.611. The fourth-order valence-corrected chi connectivity index (χ4v) is 2.80. The molecule has 1 aromatic rings. The van der Waals surface area contributed by atoms with Crippen molar-refractivity contribution in [3.63, 3.8) is 0 Å². The van der Waals surface area contributed by atoms with Crippen molar-refractivity contribution >= 4 is 6.03 Å². The summed E-state index contributed by atoms with van der Waals surface area (Å²) < 4.78 is 0. The number of carbonyl (C=O) groups excluding carboxylic acids is 1. The van der Waals surface area contributed by atoms with Crippen LogP contribution in [0.15, 0.2) is 30.3 Å². The molecule has 1 aliphatic heterocycles. The molecule has 2 amide bonds. The second kappa shape index (κ2) is 9.46. The number of amides is 2. The maximum atomic E-state index is 12.1. The van der Waals surface area contributed by atoms with E-state index in [9.17, 15) is 4.79 Å². The molecule has 0 saturated carbocycles. The molecular formula is C18H29N3O. The van der Waals surface area contributed by atoms with Gasteiger partial charge in [-0.15, -0.1) is 0 Å². The van der Waals surface area contributed by atoms with Crippen LogP contribution in [-0.2, 0) is 6.42 Å². The van der Waals surface area contributed by atoms with Gasteiger partial charge in [-0.3, -0.25) is 4.90 Å². The highest BCUT2D eigenvalue weighted by atomic mass is 16.2. The summed E-state index contributed by atoms with van der Waals surface area (Å²) in [5, 5.41) is 3.05. The molecule has 1 fully saturated rings. The lowest BCUT2D eigenvalue weighted by Crippen LogP contribution is -2.52. The van der Waals surface area contributed by atoms with Gasteiger partial charge in [0.1, 0.15) is 0 Å². The molecule has 1 heterocycles. The molecule has 0 radical (unpaired) electrons. The zero-order valence-corrected chi connectivity index (χ0v) is 13.8. The molecule has 0 aliphatic carbocycles. The van der Waals surface area contributed by atoms with Crippen LogP contribution in [0.3, 0.4) is 0 Å². The van der Waals surface area contributed by atoms with Crippen LogP contribution in [-0.4, -0.2) is 55.1 Å². The van der Waals surface area contributed by atoms with E-state index in [1.165, 1.54) is 24.9 Å². The number of rotatable bonds is 7. The normalized spacial score (nSPS) is 15.8. The molecule has 0 unspecified atom stereocenters. The summed E-state index contributed by atoms with van der Waals surface area (Å²) in [7, 11) is 0. The number of hydrogen-bond acceptors (Lipinski definition) is 2. The average Bonchev–Trinajstić information content (AvgIpc) is 2.58. The van der Waals surface area contributed by atoms with Gasteiger partial charge in [-0.25, -0.2) is 4.79 Å². The Kier molecular flexibility index (Phi) is 7.23. The molecular weight excluding hydrogens is 274 g/mol. The summed E-state index contributed by atoms with van der Waals surface area (Å²) in [6.45, 7) is 7.88. The van der Waals surface area contributed by atoms with Crippen molar-refractivity contribution in [1.82, 2.24) is 15.1 Å². The summed E-state index contributed by atoms with van der Waals surface area (Å²) in [5.41, 5.74) is 1.33. The van der Waals surface area contributed by atoms with Gasteiger partial charge in [0.25, 0.3) is 0 Å². The first-order valence-corrected chi connectivity index (χ1v) is 8.58. The van der Waals surface area contributed by atoms with Crippen molar-refractivity contribution in [2.45, 2.75) is 32.6 Å². The molecule has 0 bridgehead atoms. The topological polar surface area (TPSA) is 35.6 Å². The minimum Gasteiger partial charge on any atom is -0.338 e. The van der Waals surface area contributed by atoms with Gasteiger partial charge in [0.05, 0.1) is 0 Å². The van der Waals surface area contributed by atoms with Gasteiger partial charge in [0, 0.05) is 32.7 Å². The van der Waals surface area contributed by atoms with Crippen LogP contribution >= 0.6 is 0 Å². The zero-order valence-electron chi connectivity index (χ0n) is 13.8. The van der Waals surface area contributed by atoms with Crippen LogP contribution in [0.5, 0.6) is 0 Å². The molecule has 0 aromatic heterocycles. The lowest BCUT2D eigenvalue weighted by molar-refractivity contribution is 0.138. The van der Waals surface area contributed by atoms with Crippen molar-refractivity contribution in [1.29, 1.82) is 0 Å². The summed E-state index contributed by atoms with van der Waals surface area (Å²) in [4.78, 5) is 16.5. The van der Waals surface area contributed by atoms with E-state index in [0.717, 1.165) is 45.6 Å². The number of benzene rings is 1. The van der Waals surface area contributed by atoms with Crippen LogP contribution in [0, 0.1) is 0 Å². The van der Waals surface area contributed by atoms with Crippen molar-refractivity contribution in [2.75, 3.05) is 39.3 Å².